The van der Waals surface area contributed by atoms with Crippen LogP contribution >= 0.6 is 0 Å². The molecule has 1 fully saturated rings. The highest BCUT2D eigenvalue weighted by Crippen LogP contribution is 2.37. The maximum Gasteiger partial charge on any atom is 0.193 e. The summed E-state index contributed by atoms with van der Waals surface area (Å²) in [5, 5.41) is 10.2. The molecule has 1 aliphatic rings. The first-order valence-corrected chi connectivity index (χ1v) is 7.16. The fourth-order valence-electron chi connectivity index (χ4n) is 2.30. The molecule has 0 radical (unpaired) electrons. The van der Waals surface area contributed by atoms with E-state index >= 15 is 0 Å². The van der Waals surface area contributed by atoms with E-state index < -0.39 is 0 Å². The van der Waals surface area contributed by atoms with Crippen molar-refractivity contribution in [3.63, 3.8) is 0 Å². The van der Waals surface area contributed by atoms with Crippen molar-refractivity contribution < 1.29 is 0 Å². The molecule has 0 unspecified atom stereocenters. The molecule has 0 aliphatic heterocycles. The average molecular weight is 284 g/mol. The Balaban J connectivity index is 1.62. The summed E-state index contributed by atoms with van der Waals surface area (Å²) in [7, 11) is 0. The number of aryl methyl sites for hydroxylation is 2. The van der Waals surface area contributed by atoms with Gasteiger partial charge in [-0.2, -0.15) is 5.10 Å². The zero-order valence-electron chi connectivity index (χ0n) is 12.3. The van der Waals surface area contributed by atoms with Gasteiger partial charge in [-0.05, 0) is 49.9 Å². The zero-order valence-corrected chi connectivity index (χ0v) is 12.3. The Hall–Kier alpha value is -2.37. The van der Waals surface area contributed by atoms with Crippen molar-refractivity contribution in [1.29, 1.82) is 0 Å². The summed E-state index contributed by atoms with van der Waals surface area (Å²) in [6.45, 7) is 4.52. The lowest BCUT2D eigenvalue weighted by atomic mass is 10.1. The number of H-pyrrole nitrogens is 1. The minimum absolute atomic E-state index is 0.379. The Morgan fingerprint density at radius 1 is 1.33 bits per heavy atom. The molecular weight excluding hydrogens is 264 g/mol. The molecule has 110 valence electrons. The van der Waals surface area contributed by atoms with Crippen LogP contribution in [0.25, 0.3) is 0 Å². The molecular formula is C15H20N6. The number of rotatable bonds is 4. The normalized spacial score (nSPS) is 15.2. The van der Waals surface area contributed by atoms with E-state index in [2.05, 4.69) is 45.4 Å². The van der Waals surface area contributed by atoms with Gasteiger partial charge in [-0.15, -0.1) is 0 Å². The molecule has 1 saturated carbocycles. The molecule has 0 spiro atoms. The predicted molar refractivity (Wildman–Crippen MR) is 83.2 cm³/mol. The zero-order chi connectivity index (χ0) is 14.8. The molecule has 0 saturated heterocycles. The van der Waals surface area contributed by atoms with Crippen molar-refractivity contribution in [2.24, 2.45) is 10.7 Å². The van der Waals surface area contributed by atoms with Crippen molar-refractivity contribution in [1.82, 2.24) is 15.2 Å². The molecule has 21 heavy (non-hydrogen) atoms. The number of hydrogen-bond donors (Lipinski definition) is 3. The smallest absolute Gasteiger partial charge is 0.193 e. The van der Waals surface area contributed by atoms with Crippen molar-refractivity contribution in [3.05, 3.63) is 41.0 Å². The van der Waals surface area contributed by atoms with Gasteiger partial charge in [0.1, 0.15) is 12.4 Å². The minimum atomic E-state index is 0.379. The van der Waals surface area contributed by atoms with E-state index in [9.17, 15) is 0 Å². The van der Waals surface area contributed by atoms with Gasteiger partial charge < -0.3 is 11.1 Å². The SMILES string of the molecule is Cc1cc(C)cc(NC(N)=NCc2nc(C3CC3)n[nH]2)c1. The van der Waals surface area contributed by atoms with Gasteiger partial charge in [0.05, 0.1) is 0 Å². The molecule has 1 aromatic heterocycles. The largest absolute Gasteiger partial charge is 0.370 e. The van der Waals surface area contributed by atoms with Crippen LogP contribution in [0, 0.1) is 13.8 Å². The van der Waals surface area contributed by atoms with Crippen LogP contribution in [0.3, 0.4) is 0 Å². The fourth-order valence-corrected chi connectivity index (χ4v) is 2.30. The first-order valence-electron chi connectivity index (χ1n) is 7.16. The molecule has 4 N–H and O–H groups in total. The fraction of sp³-hybridized carbons (Fsp3) is 0.400. The average Bonchev–Trinajstić information content (AvgIpc) is 3.14. The number of hydrogen-bond acceptors (Lipinski definition) is 3. The van der Waals surface area contributed by atoms with Gasteiger partial charge in [-0.25, -0.2) is 9.98 Å². The number of benzene rings is 1. The minimum Gasteiger partial charge on any atom is -0.370 e. The molecule has 6 nitrogen and oxygen atoms in total. The molecule has 3 rings (SSSR count). The van der Waals surface area contributed by atoms with E-state index in [0.717, 1.165) is 17.3 Å². The van der Waals surface area contributed by atoms with Crippen LogP contribution in [0.4, 0.5) is 5.69 Å². The van der Waals surface area contributed by atoms with Crippen LogP contribution in [0.15, 0.2) is 23.2 Å². The van der Waals surface area contributed by atoms with Crippen molar-refractivity contribution >= 4 is 11.6 Å². The molecule has 0 bridgehead atoms. The monoisotopic (exact) mass is 284 g/mol. The number of aliphatic imine (C=N–C) groups is 1. The second-order valence-corrected chi connectivity index (χ2v) is 5.62. The second kappa shape index (κ2) is 5.55. The predicted octanol–water partition coefficient (Wildman–Crippen LogP) is 2.23. The maximum atomic E-state index is 5.91. The summed E-state index contributed by atoms with van der Waals surface area (Å²) in [6.07, 6.45) is 2.38. The Morgan fingerprint density at radius 2 is 2.05 bits per heavy atom. The molecule has 0 atom stereocenters. The lowest BCUT2D eigenvalue weighted by molar-refractivity contribution is 0.913. The van der Waals surface area contributed by atoms with Crippen LogP contribution < -0.4 is 11.1 Å². The van der Waals surface area contributed by atoms with E-state index in [1.165, 1.54) is 24.0 Å². The van der Waals surface area contributed by atoms with Crippen LogP contribution in [-0.4, -0.2) is 21.1 Å². The van der Waals surface area contributed by atoms with Gasteiger partial charge in [0.25, 0.3) is 0 Å². The summed E-state index contributed by atoms with van der Waals surface area (Å²) in [4.78, 5) is 8.71. The summed E-state index contributed by atoms with van der Waals surface area (Å²) >= 11 is 0. The lowest BCUT2D eigenvalue weighted by Gasteiger charge is -2.07. The second-order valence-electron chi connectivity index (χ2n) is 5.62. The third-order valence-electron chi connectivity index (χ3n) is 3.38. The third-order valence-corrected chi connectivity index (χ3v) is 3.38. The number of nitrogens with zero attached hydrogens (tertiary/aromatic N) is 3. The van der Waals surface area contributed by atoms with Crippen LogP contribution in [0.5, 0.6) is 0 Å². The van der Waals surface area contributed by atoms with Crippen LogP contribution in [0.1, 0.15) is 41.5 Å². The maximum absolute atomic E-state index is 5.91. The standard InChI is InChI=1S/C15H20N6/c1-9-5-10(2)7-12(6-9)18-15(16)17-8-13-19-14(21-20-13)11-3-4-11/h5-7,11H,3-4,8H2,1-2H3,(H3,16,17,18)(H,19,20,21). The molecule has 0 amide bonds. The summed E-state index contributed by atoms with van der Waals surface area (Å²) in [5.41, 5.74) is 9.24. The third kappa shape index (κ3) is 3.59. The van der Waals surface area contributed by atoms with Crippen LogP contribution in [0.2, 0.25) is 0 Å². The van der Waals surface area contributed by atoms with Gasteiger partial charge in [0.15, 0.2) is 11.8 Å². The van der Waals surface area contributed by atoms with Crippen molar-refractivity contribution in [3.8, 4) is 0 Å². The number of anilines is 1. The highest BCUT2D eigenvalue weighted by atomic mass is 15.2. The van der Waals surface area contributed by atoms with Crippen molar-refractivity contribution in [2.75, 3.05) is 5.32 Å². The quantitative estimate of drug-likeness (QED) is 0.593. The van der Waals surface area contributed by atoms with Gasteiger partial charge >= 0.3 is 0 Å². The molecule has 1 aromatic carbocycles. The van der Waals surface area contributed by atoms with E-state index in [0.29, 0.717) is 18.4 Å². The van der Waals surface area contributed by atoms with Gasteiger partial charge in [-0.1, -0.05) is 6.07 Å². The topological polar surface area (TPSA) is 92.0 Å². The number of nitrogens with two attached hydrogens (primary N) is 1. The molecule has 6 heteroatoms. The Bertz CT molecular complexity index is 648. The number of aromatic nitrogens is 3. The molecule has 1 heterocycles. The van der Waals surface area contributed by atoms with Gasteiger partial charge in [0.2, 0.25) is 0 Å². The summed E-state index contributed by atoms with van der Waals surface area (Å²) < 4.78 is 0. The van der Waals surface area contributed by atoms with Crippen LogP contribution in [-0.2, 0) is 6.54 Å². The van der Waals surface area contributed by atoms with E-state index in [-0.39, 0.29) is 0 Å². The number of aromatic amines is 1. The van der Waals surface area contributed by atoms with Crippen molar-refractivity contribution in [2.45, 2.75) is 39.2 Å². The summed E-state index contributed by atoms with van der Waals surface area (Å²) in [6, 6.07) is 6.19. The van der Waals surface area contributed by atoms with Gasteiger partial charge in [-0.3, -0.25) is 5.10 Å². The van der Waals surface area contributed by atoms with E-state index in [1.54, 1.807) is 0 Å². The first kappa shape index (κ1) is 13.6. The Kier molecular flexibility index (Phi) is 3.60. The first-order chi connectivity index (χ1) is 10.1. The summed E-state index contributed by atoms with van der Waals surface area (Å²) in [5.74, 6) is 2.58. The Morgan fingerprint density at radius 3 is 2.71 bits per heavy atom. The highest BCUT2D eigenvalue weighted by molar-refractivity contribution is 5.92. The van der Waals surface area contributed by atoms with E-state index in [4.69, 9.17) is 5.73 Å². The molecule has 1 aliphatic carbocycles. The number of guanidine groups is 1. The molecule has 2 aromatic rings. The number of nitrogens with one attached hydrogen (secondary N) is 2. The van der Waals surface area contributed by atoms with Gasteiger partial charge in [0, 0.05) is 11.6 Å². The lowest BCUT2D eigenvalue weighted by Crippen LogP contribution is -2.22. The Labute approximate surface area is 123 Å². The highest BCUT2D eigenvalue weighted by Gasteiger charge is 2.27. The van der Waals surface area contributed by atoms with E-state index in [1.807, 2.05) is 12.1 Å².